The monoisotopic (exact) mass is 632 g/mol. The predicted molar refractivity (Wildman–Crippen MR) is 166 cm³/mol. The van der Waals surface area contributed by atoms with E-state index in [0.717, 1.165) is 30.8 Å². The number of nitrogens with two attached hydrogens (primary N) is 2. The largest absolute Gasteiger partial charge is 0.515 e. The van der Waals surface area contributed by atoms with Crippen molar-refractivity contribution < 1.29 is 32.8 Å². The van der Waals surface area contributed by atoms with Crippen molar-refractivity contribution in [2.45, 2.75) is 77.2 Å². The molecule has 1 amide bonds. The molecule has 4 N–H and O–H groups in total. The summed E-state index contributed by atoms with van der Waals surface area (Å²) in [5, 5.41) is 15.4. The quantitative estimate of drug-likeness (QED) is 0.0209. The number of hydrogen-bond acceptors (Lipinski definition) is 9. The summed E-state index contributed by atoms with van der Waals surface area (Å²) in [5.41, 5.74) is 5.72. The van der Waals surface area contributed by atoms with E-state index in [9.17, 15) is 28.5 Å². The number of rotatable bonds is 16. The van der Waals surface area contributed by atoms with Crippen molar-refractivity contribution >= 4 is 23.6 Å². The molecule has 246 valence electrons. The van der Waals surface area contributed by atoms with Gasteiger partial charge in [0.15, 0.2) is 6.73 Å². The smallest absolute Gasteiger partial charge is 0.410 e. The first-order chi connectivity index (χ1) is 21.5. The minimum absolute atomic E-state index is 0.0289. The van der Waals surface area contributed by atoms with Gasteiger partial charge in [-0.25, -0.2) is 19.4 Å². The van der Waals surface area contributed by atoms with Gasteiger partial charge in [-0.1, -0.05) is 69.2 Å². The molecule has 2 aromatic carbocycles. The van der Waals surface area contributed by atoms with Crippen LogP contribution >= 0.6 is 0 Å². The number of nitrogens with zero attached hydrogens (tertiary/aromatic N) is 4. The van der Waals surface area contributed by atoms with Gasteiger partial charge >= 0.3 is 6.16 Å². The average molecular weight is 633 g/mol. The number of nitro groups is 1. The van der Waals surface area contributed by atoms with E-state index in [2.05, 4.69) is 5.10 Å². The summed E-state index contributed by atoms with van der Waals surface area (Å²) in [5.74, 6) is 3.04. The van der Waals surface area contributed by atoms with E-state index in [1.807, 2.05) is 13.8 Å². The fourth-order valence-corrected chi connectivity index (χ4v) is 4.49. The Kier molecular flexibility index (Phi) is 15.4. The third kappa shape index (κ3) is 12.9. The predicted octanol–water partition coefficient (Wildman–Crippen LogP) is 6.22. The molecule has 1 fully saturated rings. The molecular formula is C31H42F2N6O6. The molecule has 3 rings (SSSR count). The number of likely N-dealkylation sites (tertiary alicyclic amines) is 1. The van der Waals surface area contributed by atoms with E-state index in [1.54, 1.807) is 29.2 Å². The zero-order valence-electron chi connectivity index (χ0n) is 25.6. The van der Waals surface area contributed by atoms with E-state index < -0.39 is 30.2 Å². The maximum atomic E-state index is 14.4. The second-order valence-electron chi connectivity index (χ2n) is 9.97. The highest BCUT2D eigenvalue weighted by Gasteiger charge is 2.31. The fraction of sp³-hybridized carbons (Fsp3) is 0.452. The van der Waals surface area contributed by atoms with Gasteiger partial charge in [-0.2, -0.15) is 5.12 Å². The number of non-ortho nitro benzene ring substituents is 1. The SMILES string of the molecule is CC.N/C(CCCCCCN1C(=O)CCC1/C=C/CC(F)(F)c1ccccc1)=N\N(N)COC(=O)Oc1ccc([N+](=O)[O-])cc1. The van der Waals surface area contributed by atoms with Crippen LogP contribution in [0.4, 0.5) is 19.3 Å². The van der Waals surface area contributed by atoms with Gasteiger partial charge in [-0.05, 0) is 31.4 Å². The summed E-state index contributed by atoms with van der Waals surface area (Å²) in [4.78, 5) is 36.0. The Morgan fingerprint density at radius 3 is 2.47 bits per heavy atom. The van der Waals surface area contributed by atoms with Gasteiger partial charge in [-0.15, -0.1) is 5.10 Å². The number of hydrogen-bond donors (Lipinski definition) is 2. The zero-order valence-corrected chi connectivity index (χ0v) is 25.6. The average Bonchev–Trinajstić information content (AvgIpc) is 3.38. The van der Waals surface area contributed by atoms with Gasteiger partial charge in [0.05, 0.1) is 11.0 Å². The molecule has 0 bridgehead atoms. The second kappa shape index (κ2) is 18.9. The van der Waals surface area contributed by atoms with Crippen molar-refractivity contribution in [2.75, 3.05) is 13.3 Å². The number of hydrazine groups is 1. The third-order valence-corrected chi connectivity index (χ3v) is 6.71. The molecule has 1 atom stereocenters. The molecule has 1 aliphatic heterocycles. The van der Waals surface area contributed by atoms with E-state index in [-0.39, 0.29) is 34.8 Å². The highest BCUT2D eigenvalue weighted by Crippen LogP contribution is 2.32. The molecule has 2 aromatic rings. The molecule has 1 heterocycles. The minimum atomic E-state index is -2.96. The fourth-order valence-electron chi connectivity index (χ4n) is 4.49. The molecule has 12 nitrogen and oxygen atoms in total. The number of alkyl halides is 2. The highest BCUT2D eigenvalue weighted by molar-refractivity contribution is 5.80. The highest BCUT2D eigenvalue weighted by atomic mass is 19.3. The van der Waals surface area contributed by atoms with Crippen molar-refractivity contribution in [3.8, 4) is 5.75 Å². The van der Waals surface area contributed by atoms with Crippen LogP contribution in [0.1, 0.15) is 70.8 Å². The third-order valence-electron chi connectivity index (χ3n) is 6.71. The van der Waals surface area contributed by atoms with Gasteiger partial charge in [0.25, 0.3) is 11.6 Å². The summed E-state index contributed by atoms with van der Waals surface area (Å²) < 4.78 is 38.6. The topological polar surface area (TPSA) is 167 Å². The number of amidine groups is 1. The molecule has 0 saturated carbocycles. The number of carbonyl (C=O) groups is 2. The van der Waals surface area contributed by atoms with Crippen LogP contribution < -0.4 is 16.3 Å². The number of ether oxygens (including phenoxy) is 2. The summed E-state index contributed by atoms with van der Waals surface area (Å²) in [6.45, 7) is 4.12. The van der Waals surface area contributed by atoms with Crippen LogP contribution in [-0.2, 0) is 15.5 Å². The number of hydrazone groups is 1. The van der Waals surface area contributed by atoms with Gasteiger partial charge in [0, 0.05) is 43.5 Å². The maximum Gasteiger partial charge on any atom is 0.515 e. The Morgan fingerprint density at radius 1 is 1.13 bits per heavy atom. The van der Waals surface area contributed by atoms with Crippen LogP contribution in [0.15, 0.2) is 71.9 Å². The van der Waals surface area contributed by atoms with Crippen LogP contribution in [0.2, 0.25) is 0 Å². The Labute approximate surface area is 261 Å². The van der Waals surface area contributed by atoms with E-state index in [1.165, 1.54) is 42.5 Å². The Balaban J connectivity index is 0.00000345. The Bertz CT molecular complexity index is 1280. The van der Waals surface area contributed by atoms with E-state index >= 15 is 0 Å². The van der Waals surface area contributed by atoms with E-state index in [4.69, 9.17) is 21.1 Å². The number of unbranched alkanes of at least 4 members (excludes halogenated alkanes) is 3. The van der Waals surface area contributed by atoms with Crippen molar-refractivity contribution in [2.24, 2.45) is 16.7 Å². The minimum Gasteiger partial charge on any atom is -0.410 e. The Hall–Kier alpha value is -4.59. The molecule has 1 saturated heterocycles. The molecule has 0 aliphatic carbocycles. The lowest BCUT2D eigenvalue weighted by molar-refractivity contribution is -0.384. The van der Waals surface area contributed by atoms with Crippen molar-refractivity contribution in [3.63, 3.8) is 0 Å². The summed E-state index contributed by atoms with van der Waals surface area (Å²) in [6, 6.07) is 12.4. The van der Waals surface area contributed by atoms with Crippen LogP contribution in [0, 0.1) is 10.1 Å². The summed E-state index contributed by atoms with van der Waals surface area (Å²) in [7, 11) is 0. The Morgan fingerprint density at radius 2 is 1.80 bits per heavy atom. The molecule has 1 unspecified atom stereocenters. The van der Waals surface area contributed by atoms with Gasteiger partial charge in [0.2, 0.25) is 5.91 Å². The molecule has 14 heteroatoms. The second-order valence-corrected chi connectivity index (χ2v) is 9.97. The lowest BCUT2D eigenvalue weighted by atomic mass is 10.0. The number of halogens is 2. The molecule has 0 spiro atoms. The van der Waals surface area contributed by atoms with E-state index in [0.29, 0.717) is 25.8 Å². The first-order valence-electron chi connectivity index (χ1n) is 14.9. The number of amides is 1. The van der Waals surface area contributed by atoms with Crippen LogP contribution in [0.5, 0.6) is 5.75 Å². The van der Waals surface area contributed by atoms with Gasteiger partial charge < -0.3 is 20.1 Å². The van der Waals surface area contributed by atoms with Crippen molar-refractivity contribution in [3.05, 3.63) is 82.4 Å². The number of allylic oxidation sites excluding steroid dienone is 1. The molecular weight excluding hydrogens is 590 g/mol. The lowest BCUT2D eigenvalue weighted by Gasteiger charge is -2.23. The van der Waals surface area contributed by atoms with Crippen LogP contribution in [0.25, 0.3) is 0 Å². The molecule has 0 aromatic heterocycles. The first kappa shape index (κ1) is 36.6. The maximum absolute atomic E-state index is 14.4. The van der Waals surface area contributed by atoms with Gasteiger partial charge in [-0.3, -0.25) is 14.9 Å². The molecule has 0 radical (unpaired) electrons. The number of nitro benzene ring substituents is 1. The number of benzene rings is 2. The number of carbonyl (C=O) groups excluding carboxylic acids is 2. The van der Waals surface area contributed by atoms with Crippen molar-refractivity contribution in [1.82, 2.24) is 10.0 Å². The van der Waals surface area contributed by atoms with Gasteiger partial charge in [0.1, 0.15) is 11.6 Å². The molecule has 1 aliphatic rings. The normalized spacial score (nSPS) is 15.0. The summed E-state index contributed by atoms with van der Waals surface area (Å²) >= 11 is 0. The van der Waals surface area contributed by atoms with Crippen LogP contribution in [0.3, 0.4) is 0 Å². The summed E-state index contributed by atoms with van der Waals surface area (Å²) in [6.07, 6.45) is 6.32. The van der Waals surface area contributed by atoms with Crippen LogP contribution in [-0.4, -0.2) is 52.2 Å². The lowest BCUT2D eigenvalue weighted by Crippen LogP contribution is -2.33. The van der Waals surface area contributed by atoms with Crippen molar-refractivity contribution in [1.29, 1.82) is 0 Å². The zero-order chi connectivity index (χ0) is 33.2. The molecule has 45 heavy (non-hydrogen) atoms. The standard InChI is InChI=1S/C29H36F2N6O6.C2H6/c30-29(31,22-9-4-3-5-10-22)19-8-11-23-15-18-27(38)35(23)20-7-2-1-6-12-26(32)34-36(33)21-42-28(39)43-25-16-13-24(14-17-25)37(40)41;1-2/h3-5,8-11,13-14,16-17,23H,1-2,6-7,12,15,18-21,33H2,(H2,32,34);1-2H3/b11-8+;. The first-order valence-corrected chi connectivity index (χ1v) is 14.9.